The summed E-state index contributed by atoms with van der Waals surface area (Å²) in [5.41, 5.74) is 7.98. The molecule has 0 radical (unpaired) electrons. The molecule has 0 amide bonds. The number of methoxy groups -OCH3 is 1. The minimum atomic E-state index is -0.334. The van der Waals surface area contributed by atoms with E-state index < -0.39 is 0 Å². The van der Waals surface area contributed by atoms with Gasteiger partial charge in [-0.1, -0.05) is 19.8 Å². The van der Waals surface area contributed by atoms with Crippen LogP contribution in [0, 0.1) is 11.8 Å². The Morgan fingerprint density at radius 3 is 2.70 bits per heavy atom. The fraction of sp³-hybridized carbons (Fsp3) is 0.562. The van der Waals surface area contributed by atoms with Gasteiger partial charge in [0.2, 0.25) is 0 Å². The predicted octanol–water partition coefficient (Wildman–Crippen LogP) is 3.29. The predicted molar refractivity (Wildman–Crippen MR) is 81.8 cm³/mol. The molecular weight excluding hydrogens is 252 g/mol. The van der Waals surface area contributed by atoms with Crippen molar-refractivity contribution in [2.45, 2.75) is 32.6 Å². The zero-order valence-electron chi connectivity index (χ0n) is 12.3. The number of nitrogen functional groups attached to an aromatic ring is 1. The van der Waals surface area contributed by atoms with Crippen molar-refractivity contribution in [3.8, 4) is 0 Å². The van der Waals surface area contributed by atoms with Gasteiger partial charge in [0.25, 0.3) is 0 Å². The Labute approximate surface area is 120 Å². The van der Waals surface area contributed by atoms with Crippen LogP contribution < -0.4 is 11.1 Å². The van der Waals surface area contributed by atoms with E-state index in [0.29, 0.717) is 17.2 Å². The number of ether oxygens (including phenoxy) is 1. The Kier molecular flexibility index (Phi) is 4.88. The van der Waals surface area contributed by atoms with E-state index in [9.17, 15) is 4.79 Å². The van der Waals surface area contributed by atoms with Crippen molar-refractivity contribution in [1.82, 2.24) is 0 Å². The zero-order valence-corrected chi connectivity index (χ0v) is 12.3. The van der Waals surface area contributed by atoms with Crippen molar-refractivity contribution in [2.24, 2.45) is 11.8 Å². The van der Waals surface area contributed by atoms with Gasteiger partial charge >= 0.3 is 5.97 Å². The fourth-order valence-electron chi connectivity index (χ4n) is 2.74. The molecule has 2 rings (SSSR count). The average Bonchev–Trinajstić information content (AvgIpc) is 2.47. The first-order valence-electron chi connectivity index (χ1n) is 7.32. The van der Waals surface area contributed by atoms with E-state index in [1.165, 1.54) is 32.8 Å². The maximum atomic E-state index is 11.5. The van der Waals surface area contributed by atoms with Crippen LogP contribution in [-0.4, -0.2) is 19.6 Å². The molecular formula is C16H24N2O2. The second-order valence-corrected chi connectivity index (χ2v) is 5.80. The SMILES string of the molecule is COC(=O)c1ccc(N)c(NCC2CCC(C)CC2)c1. The molecule has 0 atom stereocenters. The zero-order chi connectivity index (χ0) is 14.5. The molecule has 0 spiro atoms. The third-order valence-electron chi connectivity index (χ3n) is 4.19. The van der Waals surface area contributed by atoms with Crippen molar-refractivity contribution in [3.05, 3.63) is 23.8 Å². The molecule has 4 heteroatoms. The molecule has 1 aliphatic rings. The van der Waals surface area contributed by atoms with Gasteiger partial charge in [0.05, 0.1) is 24.0 Å². The lowest BCUT2D eigenvalue weighted by Crippen LogP contribution is -2.20. The first kappa shape index (κ1) is 14.7. The van der Waals surface area contributed by atoms with Gasteiger partial charge in [-0.3, -0.25) is 0 Å². The minimum absolute atomic E-state index is 0.334. The number of hydrogen-bond donors (Lipinski definition) is 2. The van der Waals surface area contributed by atoms with Gasteiger partial charge in [0.1, 0.15) is 0 Å². The summed E-state index contributed by atoms with van der Waals surface area (Å²) < 4.78 is 4.73. The van der Waals surface area contributed by atoms with E-state index in [1.807, 2.05) is 0 Å². The molecule has 0 aliphatic heterocycles. The lowest BCUT2D eigenvalue weighted by Gasteiger charge is -2.26. The molecule has 3 N–H and O–H groups in total. The van der Waals surface area contributed by atoms with Crippen LogP contribution in [0.25, 0.3) is 0 Å². The molecule has 0 bridgehead atoms. The lowest BCUT2D eigenvalue weighted by molar-refractivity contribution is 0.0601. The Balaban J connectivity index is 1.96. The Bertz CT molecular complexity index is 466. The average molecular weight is 276 g/mol. The van der Waals surface area contributed by atoms with Crippen LogP contribution in [-0.2, 0) is 4.74 Å². The molecule has 0 heterocycles. The number of esters is 1. The van der Waals surface area contributed by atoms with Crippen LogP contribution in [0.15, 0.2) is 18.2 Å². The van der Waals surface area contributed by atoms with E-state index in [0.717, 1.165) is 18.2 Å². The summed E-state index contributed by atoms with van der Waals surface area (Å²) in [7, 11) is 1.38. The van der Waals surface area contributed by atoms with E-state index in [-0.39, 0.29) is 5.97 Å². The van der Waals surface area contributed by atoms with Gasteiger partial charge in [-0.2, -0.15) is 0 Å². The molecule has 20 heavy (non-hydrogen) atoms. The summed E-state index contributed by atoms with van der Waals surface area (Å²) >= 11 is 0. The maximum Gasteiger partial charge on any atom is 0.337 e. The summed E-state index contributed by atoms with van der Waals surface area (Å²) in [6.45, 7) is 3.24. The van der Waals surface area contributed by atoms with Crippen LogP contribution in [0.5, 0.6) is 0 Å². The van der Waals surface area contributed by atoms with Crippen LogP contribution >= 0.6 is 0 Å². The highest BCUT2D eigenvalue weighted by Gasteiger charge is 2.18. The van der Waals surface area contributed by atoms with Gasteiger partial charge in [-0.25, -0.2) is 4.79 Å². The third-order valence-corrected chi connectivity index (χ3v) is 4.19. The Morgan fingerprint density at radius 1 is 1.35 bits per heavy atom. The number of anilines is 2. The van der Waals surface area contributed by atoms with E-state index in [2.05, 4.69) is 12.2 Å². The number of carbonyl (C=O) groups is 1. The van der Waals surface area contributed by atoms with Crippen LogP contribution in [0.3, 0.4) is 0 Å². The van der Waals surface area contributed by atoms with Crippen molar-refractivity contribution in [3.63, 3.8) is 0 Å². The summed E-state index contributed by atoms with van der Waals surface area (Å²) in [4.78, 5) is 11.5. The van der Waals surface area contributed by atoms with Gasteiger partial charge in [0.15, 0.2) is 0 Å². The number of nitrogens with one attached hydrogen (secondary N) is 1. The molecule has 1 saturated carbocycles. The standard InChI is InChI=1S/C16H24N2O2/c1-11-3-5-12(6-4-11)10-18-15-9-13(16(19)20-2)7-8-14(15)17/h7-9,11-12,18H,3-6,10,17H2,1-2H3. The van der Waals surface area contributed by atoms with E-state index in [1.54, 1.807) is 18.2 Å². The maximum absolute atomic E-state index is 11.5. The molecule has 1 aromatic carbocycles. The largest absolute Gasteiger partial charge is 0.465 e. The molecule has 0 aromatic heterocycles. The van der Waals surface area contributed by atoms with E-state index in [4.69, 9.17) is 10.5 Å². The number of hydrogen-bond acceptors (Lipinski definition) is 4. The third kappa shape index (κ3) is 3.65. The first-order chi connectivity index (χ1) is 9.60. The summed E-state index contributed by atoms with van der Waals surface area (Å²) in [6.07, 6.45) is 5.16. The molecule has 1 fully saturated rings. The highest BCUT2D eigenvalue weighted by atomic mass is 16.5. The van der Waals surface area contributed by atoms with Gasteiger partial charge < -0.3 is 15.8 Å². The first-order valence-corrected chi connectivity index (χ1v) is 7.32. The van der Waals surface area contributed by atoms with Gasteiger partial charge in [0, 0.05) is 6.54 Å². The quantitative estimate of drug-likeness (QED) is 0.654. The number of benzene rings is 1. The summed E-state index contributed by atoms with van der Waals surface area (Å²) in [5.74, 6) is 1.23. The molecule has 1 aromatic rings. The monoisotopic (exact) mass is 276 g/mol. The molecule has 0 saturated heterocycles. The Morgan fingerprint density at radius 2 is 2.05 bits per heavy atom. The smallest absolute Gasteiger partial charge is 0.337 e. The van der Waals surface area contributed by atoms with Gasteiger partial charge in [-0.15, -0.1) is 0 Å². The van der Waals surface area contributed by atoms with Crippen LogP contribution in [0.4, 0.5) is 11.4 Å². The molecule has 4 nitrogen and oxygen atoms in total. The second-order valence-electron chi connectivity index (χ2n) is 5.80. The van der Waals surface area contributed by atoms with Crippen molar-refractivity contribution < 1.29 is 9.53 Å². The van der Waals surface area contributed by atoms with E-state index >= 15 is 0 Å². The topological polar surface area (TPSA) is 64.3 Å². The number of nitrogens with two attached hydrogens (primary N) is 1. The second kappa shape index (κ2) is 6.64. The fourth-order valence-corrected chi connectivity index (χ4v) is 2.74. The summed E-state index contributed by atoms with van der Waals surface area (Å²) in [6, 6.07) is 5.21. The molecule has 110 valence electrons. The van der Waals surface area contributed by atoms with Crippen LogP contribution in [0.2, 0.25) is 0 Å². The minimum Gasteiger partial charge on any atom is -0.465 e. The highest BCUT2D eigenvalue weighted by molar-refractivity contribution is 5.91. The molecule has 0 unspecified atom stereocenters. The number of rotatable bonds is 4. The Hall–Kier alpha value is -1.71. The number of carbonyl (C=O) groups excluding carboxylic acids is 1. The van der Waals surface area contributed by atoms with Crippen molar-refractivity contribution in [2.75, 3.05) is 24.7 Å². The normalized spacial score (nSPS) is 22.3. The molecule has 1 aliphatic carbocycles. The summed E-state index contributed by atoms with van der Waals surface area (Å²) in [5, 5.41) is 3.38. The lowest BCUT2D eigenvalue weighted by atomic mass is 9.83. The highest BCUT2D eigenvalue weighted by Crippen LogP contribution is 2.29. The van der Waals surface area contributed by atoms with Gasteiger partial charge in [-0.05, 0) is 42.9 Å². The van der Waals surface area contributed by atoms with Crippen molar-refractivity contribution in [1.29, 1.82) is 0 Å². The van der Waals surface area contributed by atoms with Crippen LogP contribution in [0.1, 0.15) is 43.0 Å². The van der Waals surface area contributed by atoms with Crippen molar-refractivity contribution >= 4 is 17.3 Å².